The van der Waals surface area contributed by atoms with E-state index in [0.29, 0.717) is 28.6 Å². The highest BCUT2D eigenvalue weighted by Crippen LogP contribution is 2.24. The van der Waals surface area contributed by atoms with Crippen molar-refractivity contribution in [3.63, 3.8) is 0 Å². The summed E-state index contributed by atoms with van der Waals surface area (Å²) in [5, 5.41) is 2.66. The molecule has 0 unspecified atom stereocenters. The largest absolute Gasteiger partial charge is 0.399 e. The molecule has 2 rings (SSSR count). The molecular formula is C13H14ClN3O3S. The SMILES string of the molecule is Nc1ccc(NC(=O)CCN2C(=O)CCSC2=O)c(Cl)c1. The van der Waals surface area contributed by atoms with Crippen LogP contribution >= 0.6 is 23.4 Å². The van der Waals surface area contributed by atoms with Gasteiger partial charge >= 0.3 is 0 Å². The number of amides is 3. The van der Waals surface area contributed by atoms with Gasteiger partial charge in [0.25, 0.3) is 5.24 Å². The van der Waals surface area contributed by atoms with Gasteiger partial charge in [-0.25, -0.2) is 0 Å². The van der Waals surface area contributed by atoms with Gasteiger partial charge in [-0.15, -0.1) is 0 Å². The third-order valence-corrected chi connectivity index (χ3v) is 4.08. The van der Waals surface area contributed by atoms with Gasteiger partial charge in [-0.05, 0) is 18.2 Å². The number of thioether (sulfide) groups is 1. The van der Waals surface area contributed by atoms with Gasteiger partial charge in [0.2, 0.25) is 11.8 Å². The monoisotopic (exact) mass is 327 g/mol. The first-order chi connectivity index (χ1) is 9.97. The molecule has 1 aromatic rings. The highest BCUT2D eigenvalue weighted by atomic mass is 35.5. The highest BCUT2D eigenvalue weighted by Gasteiger charge is 2.26. The minimum absolute atomic E-state index is 0.0265. The lowest BCUT2D eigenvalue weighted by Crippen LogP contribution is -2.39. The molecule has 1 aromatic carbocycles. The second-order valence-electron chi connectivity index (χ2n) is 4.45. The maximum Gasteiger partial charge on any atom is 0.288 e. The lowest BCUT2D eigenvalue weighted by atomic mass is 10.2. The van der Waals surface area contributed by atoms with E-state index in [-0.39, 0.29) is 30.0 Å². The van der Waals surface area contributed by atoms with Crippen LogP contribution in [0.25, 0.3) is 0 Å². The first kappa shape index (κ1) is 15.7. The number of hydrogen-bond acceptors (Lipinski definition) is 5. The molecular weight excluding hydrogens is 314 g/mol. The number of nitrogens with one attached hydrogen (secondary N) is 1. The number of carbonyl (C=O) groups is 3. The Morgan fingerprint density at radius 3 is 2.86 bits per heavy atom. The third kappa shape index (κ3) is 4.12. The number of nitrogens with two attached hydrogens (primary N) is 1. The van der Waals surface area contributed by atoms with Crippen LogP contribution in [0.15, 0.2) is 18.2 Å². The van der Waals surface area contributed by atoms with Crippen molar-refractivity contribution in [1.82, 2.24) is 4.90 Å². The van der Waals surface area contributed by atoms with Crippen molar-refractivity contribution in [2.24, 2.45) is 0 Å². The zero-order valence-corrected chi connectivity index (χ0v) is 12.7. The van der Waals surface area contributed by atoms with Crippen molar-refractivity contribution in [3.8, 4) is 0 Å². The molecule has 0 bridgehead atoms. The summed E-state index contributed by atoms with van der Waals surface area (Å²) >= 11 is 7.04. The molecule has 1 heterocycles. The summed E-state index contributed by atoms with van der Waals surface area (Å²) in [7, 11) is 0. The molecule has 1 saturated heterocycles. The summed E-state index contributed by atoms with van der Waals surface area (Å²) < 4.78 is 0. The van der Waals surface area contributed by atoms with Crippen LogP contribution in [-0.4, -0.2) is 34.3 Å². The first-order valence-corrected chi connectivity index (χ1v) is 7.65. The first-order valence-electron chi connectivity index (χ1n) is 6.29. The van der Waals surface area contributed by atoms with Gasteiger partial charge in [-0.3, -0.25) is 19.3 Å². The highest BCUT2D eigenvalue weighted by molar-refractivity contribution is 8.13. The molecule has 21 heavy (non-hydrogen) atoms. The molecule has 0 aliphatic carbocycles. The predicted octanol–water partition coefficient (Wildman–Crippen LogP) is 2.34. The molecule has 3 amide bonds. The molecule has 0 aromatic heterocycles. The number of rotatable bonds is 4. The Kier molecular flexibility index (Phi) is 5.08. The molecule has 0 radical (unpaired) electrons. The van der Waals surface area contributed by atoms with Crippen LogP contribution in [0.4, 0.5) is 16.2 Å². The van der Waals surface area contributed by atoms with Gasteiger partial charge in [0, 0.05) is 30.8 Å². The number of anilines is 2. The predicted molar refractivity (Wildman–Crippen MR) is 83.3 cm³/mol. The smallest absolute Gasteiger partial charge is 0.288 e. The van der Waals surface area contributed by atoms with E-state index >= 15 is 0 Å². The second-order valence-corrected chi connectivity index (χ2v) is 5.90. The van der Waals surface area contributed by atoms with Crippen LogP contribution in [0.1, 0.15) is 12.8 Å². The molecule has 1 fully saturated rings. The van der Waals surface area contributed by atoms with Crippen molar-refractivity contribution in [3.05, 3.63) is 23.2 Å². The molecule has 0 spiro atoms. The molecule has 3 N–H and O–H groups in total. The Hall–Kier alpha value is -1.73. The van der Waals surface area contributed by atoms with Crippen LogP contribution in [0, 0.1) is 0 Å². The summed E-state index contributed by atoms with van der Waals surface area (Å²) in [5.74, 6) is -0.0589. The molecule has 6 nitrogen and oxygen atoms in total. The Morgan fingerprint density at radius 1 is 1.43 bits per heavy atom. The maximum absolute atomic E-state index is 11.8. The molecule has 0 atom stereocenters. The van der Waals surface area contributed by atoms with Gasteiger partial charge in [0.15, 0.2) is 0 Å². The molecule has 8 heteroatoms. The summed E-state index contributed by atoms with van der Waals surface area (Å²) in [4.78, 5) is 36.1. The zero-order valence-electron chi connectivity index (χ0n) is 11.1. The average Bonchev–Trinajstić information content (AvgIpc) is 2.41. The zero-order chi connectivity index (χ0) is 15.4. The van der Waals surface area contributed by atoms with Gasteiger partial charge < -0.3 is 11.1 Å². The van der Waals surface area contributed by atoms with E-state index in [9.17, 15) is 14.4 Å². The standard InChI is InChI=1S/C13H14ClN3O3S/c14-9-7-8(15)1-2-10(9)16-11(18)3-5-17-12(19)4-6-21-13(17)20/h1-2,7H,3-6,15H2,(H,16,18). The second kappa shape index (κ2) is 6.82. The fourth-order valence-corrected chi connectivity index (χ4v) is 2.85. The Morgan fingerprint density at radius 2 is 2.19 bits per heavy atom. The third-order valence-electron chi connectivity index (χ3n) is 2.89. The number of nitrogen functional groups attached to an aromatic ring is 1. The Bertz CT molecular complexity index is 578. The van der Waals surface area contributed by atoms with Crippen molar-refractivity contribution >= 4 is 51.8 Å². The summed E-state index contributed by atoms with van der Waals surface area (Å²) in [6.07, 6.45) is 0.348. The van der Waals surface area contributed by atoms with Crippen molar-refractivity contribution in [2.75, 3.05) is 23.3 Å². The minimum atomic E-state index is -0.321. The molecule has 0 saturated carbocycles. The van der Waals surface area contributed by atoms with E-state index in [2.05, 4.69) is 5.32 Å². The van der Waals surface area contributed by atoms with E-state index in [1.54, 1.807) is 12.1 Å². The van der Waals surface area contributed by atoms with E-state index in [1.165, 1.54) is 6.07 Å². The van der Waals surface area contributed by atoms with Crippen LogP contribution in [-0.2, 0) is 9.59 Å². The van der Waals surface area contributed by atoms with Gasteiger partial charge in [0.05, 0.1) is 10.7 Å². The van der Waals surface area contributed by atoms with E-state index < -0.39 is 0 Å². The number of halogens is 1. The van der Waals surface area contributed by atoms with Crippen molar-refractivity contribution in [1.29, 1.82) is 0 Å². The van der Waals surface area contributed by atoms with Crippen LogP contribution in [0.3, 0.4) is 0 Å². The molecule has 112 valence electrons. The average molecular weight is 328 g/mol. The number of carbonyl (C=O) groups excluding carboxylic acids is 3. The fraction of sp³-hybridized carbons (Fsp3) is 0.308. The van der Waals surface area contributed by atoms with Gasteiger partial charge in [-0.2, -0.15) is 0 Å². The van der Waals surface area contributed by atoms with E-state index in [0.717, 1.165) is 16.7 Å². The van der Waals surface area contributed by atoms with Crippen LogP contribution in [0.2, 0.25) is 5.02 Å². The van der Waals surface area contributed by atoms with E-state index in [4.69, 9.17) is 17.3 Å². The number of hydrogen-bond donors (Lipinski definition) is 2. The van der Waals surface area contributed by atoms with Crippen LogP contribution in [0.5, 0.6) is 0 Å². The number of benzene rings is 1. The quantitative estimate of drug-likeness (QED) is 0.828. The van der Waals surface area contributed by atoms with Gasteiger partial charge in [0.1, 0.15) is 0 Å². The fourth-order valence-electron chi connectivity index (χ4n) is 1.82. The summed E-state index contributed by atoms with van der Waals surface area (Å²) in [6, 6.07) is 4.75. The van der Waals surface area contributed by atoms with Crippen molar-refractivity contribution in [2.45, 2.75) is 12.8 Å². The lowest BCUT2D eigenvalue weighted by molar-refractivity contribution is -0.128. The maximum atomic E-state index is 11.8. The van der Waals surface area contributed by atoms with Crippen molar-refractivity contribution < 1.29 is 14.4 Å². The number of imide groups is 1. The van der Waals surface area contributed by atoms with Crippen LogP contribution < -0.4 is 11.1 Å². The Balaban J connectivity index is 1.90. The molecule has 1 aliphatic rings. The summed E-state index contributed by atoms with van der Waals surface area (Å²) in [6.45, 7) is 0.0725. The van der Waals surface area contributed by atoms with Gasteiger partial charge in [-0.1, -0.05) is 23.4 Å². The topological polar surface area (TPSA) is 92.5 Å². The normalized spacial score (nSPS) is 15.2. The summed E-state index contributed by atoms with van der Waals surface area (Å²) in [5.41, 5.74) is 6.51. The van der Waals surface area contributed by atoms with E-state index in [1.807, 2.05) is 0 Å². The Labute approximate surface area is 131 Å². The minimum Gasteiger partial charge on any atom is -0.399 e. The number of nitrogens with zero attached hydrogens (tertiary/aromatic N) is 1. The lowest BCUT2D eigenvalue weighted by Gasteiger charge is -2.23. The molecule has 1 aliphatic heterocycles.